The van der Waals surface area contributed by atoms with Crippen LogP contribution in [0.4, 0.5) is 4.79 Å². The Hall–Kier alpha value is -0.910. The molecule has 0 saturated heterocycles. The zero-order valence-electron chi connectivity index (χ0n) is 6.85. The quantitative estimate of drug-likeness (QED) is 0.247. The minimum absolute atomic E-state index is 0. The third kappa shape index (κ3) is 11.1. The maximum Gasteiger partial charge on any atom is 1.00 e. The number of hydrogen-bond acceptors (Lipinski definition) is 3. The molecule has 2 N–H and O–H groups in total. The second-order valence-corrected chi connectivity index (χ2v) is 1.67. The largest absolute Gasteiger partial charge is 1.00 e. The van der Waals surface area contributed by atoms with Gasteiger partial charge >= 0.3 is 35.7 Å². The van der Waals surface area contributed by atoms with Gasteiger partial charge in [-0.1, -0.05) is 0 Å². The van der Waals surface area contributed by atoms with E-state index < -0.39 is 6.16 Å². The van der Waals surface area contributed by atoms with Crippen molar-refractivity contribution >= 4 is 17.7 Å². The first-order valence-electron chi connectivity index (χ1n) is 2.80. The molecule has 0 aromatic rings. The molecule has 13 heavy (non-hydrogen) atoms. The monoisotopic (exact) mass is 192 g/mol. The van der Waals surface area contributed by atoms with Crippen molar-refractivity contribution in [2.24, 2.45) is 0 Å². The summed E-state index contributed by atoms with van der Waals surface area (Å²) in [4.78, 5) is 29.0. The Morgan fingerprint density at radius 2 is 1.69 bits per heavy atom. The molecule has 0 spiro atoms. The van der Waals surface area contributed by atoms with E-state index in [-0.39, 0.29) is 41.1 Å². The van der Waals surface area contributed by atoms with Crippen LogP contribution in [0.2, 0.25) is 0 Å². The predicted molar refractivity (Wildman–Crippen MR) is 37.6 cm³/mol. The molecule has 0 heterocycles. The summed E-state index contributed by atoms with van der Waals surface area (Å²) in [6, 6.07) is 0. The molecule has 0 saturated carbocycles. The molecule has 64 valence electrons. The third-order valence-electron chi connectivity index (χ3n) is 0.756. The number of allylic oxidation sites excluding steroid dienone is 4. The molecule has 0 amide bonds. The molecular weight excluding hydrogens is 187 g/mol. The van der Waals surface area contributed by atoms with E-state index in [1.807, 2.05) is 0 Å². The Labute approximate surface area is 96.0 Å². The van der Waals surface area contributed by atoms with Crippen LogP contribution in [0.25, 0.3) is 0 Å². The fourth-order valence-corrected chi connectivity index (χ4v) is 0.396. The first kappa shape index (κ1) is 14.6. The first-order valence-corrected chi connectivity index (χ1v) is 2.80. The Morgan fingerprint density at radius 3 is 1.92 bits per heavy atom. The van der Waals surface area contributed by atoms with Crippen molar-refractivity contribution in [2.45, 2.75) is 0 Å². The number of carbonyl (C=O) groups is 3. The van der Waals surface area contributed by atoms with Crippen LogP contribution >= 0.6 is 0 Å². The molecule has 0 fully saturated rings. The Balaban J connectivity index is 0. The van der Waals surface area contributed by atoms with Gasteiger partial charge in [0.05, 0.1) is 11.6 Å². The van der Waals surface area contributed by atoms with Gasteiger partial charge in [-0.3, -0.25) is 0 Å². The minimum Gasteiger partial charge on any atom is -0.450 e. The zero-order valence-corrected chi connectivity index (χ0v) is 8.85. The summed E-state index contributed by atoms with van der Waals surface area (Å²) in [5, 5.41) is 13.9. The van der Waals surface area contributed by atoms with Crippen molar-refractivity contribution < 1.29 is 54.2 Å². The van der Waals surface area contributed by atoms with E-state index in [1.165, 1.54) is 12.2 Å². The SMILES string of the molecule is O=C(O)O.O=C1[C-]=CC(=O)C=C1.[Na+]. The summed E-state index contributed by atoms with van der Waals surface area (Å²) >= 11 is 0. The van der Waals surface area contributed by atoms with Gasteiger partial charge in [-0.2, -0.15) is 0 Å². The van der Waals surface area contributed by atoms with Crippen LogP contribution in [0.5, 0.6) is 0 Å². The van der Waals surface area contributed by atoms with Gasteiger partial charge in [-0.15, -0.1) is 24.3 Å². The van der Waals surface area contributed by atoms with Gasteiger partial charge in [0.2, 0.25) is 0 Å². The maximum absolute atomic E-state index is 10.3. The molecule has 5 nitrogen and oxygen atoms in total. The standard InChI is InChI=1S/C6H3O2.CH2O3.Na/c7-5-1-2-6(8)4-3-5;2-1(3)4;/h1-3H;(H2,2,3,4);/q-1;;+1. The van der Waals surface area contributed by atoms with E-state index in [2.05, 4.69) is 6.08 Å². The van der Waals surface area contributed by atoms with Gasteiger partial charge in [0.25, 0.3) is 0 Å². The van der Waals surface area contributed by atoms with Crippen LogP contribution in [0.3, 0.4) is 0 Å². The van der Waals surface area contributed by atoms with E-state index >= 15 is 0 Å². The van der Waals surface area contributed by atoms with Gasteiger partial charge in [0, 0.05) is 0 Å². The normalized spacial score (nSPS) is 12.6. The zero-order chi connectivity index (χ0) is 9.56. The summed E-state index contributed by atoms with van der Waals surface area (Å²) in [5.41, 5.74) is 0. The average Bonchev–Trinajstić information content (AvgIpc) is 1.94. The van der Waals surface area contributed by atoms with E-state index in [9.17, 15) is 9.59 Å². The van der Waals surface area contributed by atoms with E-state index in [0.717, 1.165) is 6.08 Å². The summed E-state index contributed by atoms with van der Waals surface area (Å²) in [6.45, 7) is 0. The molecule has 1 aliphatic carbocycles. The van der Waals surface area contributed by atoms with Gasteiger partial charge < -0.3 is 19.8 Å². The van der Waals surface area contributed by atoms with E-state index in [0.29, 0.717) is 0 Å². The van der Waals surface area contributed by atoms with E-state index in [1.54, 1.807) is 0 Å². The molecule has 1 aliphatic rings. The molecule has 0 aliphatic heterocycles. The van der Waals surface area contributed by atoms with E-state index in [4.69, 9.17) is 15.0 Å². The van der Waals surface area contributed by atoms with Crippen molar-refractivity contribution in [3.05, 3.63) is 24.3 Å². The number of rotatable bonds is 0. The first-order chi connectivity index (χ1) is 5.52. The minimum atomic E-state index is -1.83. The number of carbonyl (C=O) groups excluding carboxylic acids is 2. The van der Waals surface area contributed by atoms with Crippen molar-refractivity contribution in [3.63, 3.8) is 0 Å². The van der Waals surface area contributed by atoms with Crippen molar-refractivity contribution in [1.29, 1.82) is 0 Å². The summed E-state index contributed by atoms with van der Waals surface area (Å²) < 4.78 is 0. The third-order valence-corrected chi connectivity index (χ3v) is 0.756. The molecule has 6 heteroatoms. The summed E-state index contributed by atoms with van der Waals surface area (Å²) in [5.74, 6) is -0.422. The average molecular weight is 192 g/mol. The summed E-state index contributed by atoms with van der Waals surface area (Å²) in [6.07, 6.45) is 3.94. The van der Waals surface area contributed by atoms with Crippen LogP contribution in [0.1, 0.15) is 0 Å². The number of hydrogen-bond donors (Lipinski definition) is 2. The Kier molecular flexibility index (Phi) is 8.68. The number of carboxylic acid groups (broad SMARTS) is 2. The van der Waals surface area contributed by atoms with Crippen LogP contribution in [-0.4, -0.2) is 27.9 Å². The Morgan fingerprint density at radius 1 is 1.23 bits per heavy atom. The summed E-state index contributed by atoms with van der Waals surface area (Å²) in [7, 11) is 0. The fourth-order valence-electron chi connectivity index (χ4n) is 0.396. The molecule has 0 bridgehead atoms. The maximum atomic E-state index is 10.3. The van der Waals surface area contributed by atoms with Gasteiger partial charge in [-0.05, 0) is 0 Å². The molecule has 0 aromatic carbocycles. The van der Waals surface area contributed by atoms with Crippen LogP contribution in [0, 0.1) is 6.08 Å². The van der Waals surface area contributed by atoms with Crippen LogP contribution in [0.15, 0.2) is 18.2 Å². The van der Waals surface area contributed by atoms with Gasteiger partial charge in [-0.25, -0.2) is 4.79 Å². The Bertz CT molecular complexity index is 224. The second kappa shape index (κ2) is 7.72. The van der Waals surface area contributed by atoms with Gasteiger partial charge in [0.15, 0.2) is 0 Å². The fraction of sp³-hybridized carbons (Fsp3) is 0. The molecule has 1 rings (SSSR count). The van der Waals surface area contributed by atoms with Crippen LogP contribution in [-0.2, 0) is 9.59 Å². The second-order valence-electron chi connectivity index (χ2n) is 1.67. The molecule has 0 radical (unpaired) electrons. The van der Waals surface area contributed by atoms with Crippen molar-refractivity contribution in [3.8, 4) is 0 Å². The smallest absolute Gasteiger partial charge is 0.450 e. The molecule has 0 unspecified atom stereocenters. The molecule has 0 atom stereocenters. The van der Waals surface area contributed by atoms with Crippen LogP contribution < -0.4 is 29.6 Å². The predicted octanol–water partition coefficient (Wildman–Crippen LogP) is -2.72. The number of ketones is 2. The van der Waals surface area contributed by atoms with Crippen molar-refractivity contribution in [2.75, 3.05) is 0 Å². The molecule has 0 aromatic heterocycles. The molecular formula is C7H5NaO5. The van der Waals surface area contributed by atoms with Crippen molar-refractivity contribution in [1.82, 2.24) is 0 Å². The topological polar surface area (TPSA) is 91.7 Å². The van der Waals surface area contributed by atoms with Gasteiger partial charge in [0.1, 0.15) is 0 Å².